The topological polar surface area (TPSA) is 98.9 Å². The van der Waals surface area contributed by atoms with E-state index in [2.05, 4.69) is 20.2 Å². The quantitative estimate of drug-likeness (QED) is 0.488. The predicted octanol–water partition coefficient (Wildman–Crippen LogP) is 0.818. The maximum Gasteiger partial charge on any atom is 0.232 e. The zero-order valence-corrected chi connectivity index (χ0v) is 9.65. The van der Waals surface area contributed by atoms with Crippen LogP contribution in [0.25, 0.3) is 0 Å². The molecule has 2 N–H and O–H groups in total. The molecule has 0 amide bonds. The number of methoxy groups -OCH3 is 1. The third kappa shape index (κ3) is 2.91. The van der Waals surface area contributed by atoms with E-state index in [1.54, 1.807) is 18.4 Å². The third-order valence-electron chi connectivity index (χ3n) is 1.98. The molecule has 2 rings (SSSR count). The van der Waals surface area contributed by atoms with Gasteiger partial charge in [-0.25, -0.2) is 4.98 Å². The number of aromatic nitrogens is 2. The normalized spacial score (nSPS) is 11.9. The summed E-state index contributed by atoms with van der Waals surface area (Å²) in [5.74, 6) is 1.09. The molecule has 7 heteroatoms. The molecule has 2 aromatic rings. The highest BCUT2D eigenvalue weighted by Gasteiger charge is 2.02. The highest BCUT2D eigenvalue weighted by atomic mass is 16.5. The van der Waals surface area contributed by atoms with Gasteiger partial charge in [0.1, 0.15) is 11.5 Å². The first kappa shape index (κ1) is 11.8. The molecule has 0 atom stereocenters. The summed E-state index contributed by atoms with van der Waals surface area (Å²) in [6.07, 6.45) is 5.94. The van der Waals surface area contributed by atoms with Gasteiger partial charge in [-0.3, -0.25) is 4.98 Å². The minimum Gasteiger partial charge on any atom is -0.480 e. The number of ether oxygens (including phenoxy) is 1. The van der Waals surface area contributed by atoms with Gasteiger partial charge in [-0.15, -0.1) is 5.10 Å². The van der Waals surface area contributed by atoms with Crippen LogP contribution in [0, 0.1) is 0 Å². The second-order valence-corrected chi connectivity index (χ2v) is 3.19. The zero-order valence-electron chi connectivity index (χ0n) is 9.65. The third-order valence-corrected chi connectivity index (χ3v) is 1.98. The molecule has 0 saturated heterocycles. The van der Waals surface area contributed by atoms with E-state index in [1.807, 2.05) is 0 Å². The number of nitrogens with zero attached hydrogens (tertiary/aromatic N) is 4. The molecule has 0 radical (unpaired) electrons. The first-order valence-electron chi connectivity index (χ1n) is 5.06. The van der Waals surface area contributed by atoms with Crippen LogP contribution in [0.2, 0.25) is 0 Å². The SMILES string of the molecule is COc1cncc(/C(N)=N\N=C/c2ccco2)n1. The van der Waals surface area contributed by atoms with Gasteiger partial charge in [0.05, 0.1) is 32.0 Å². The molecule has 0 saturated carbocycles. The van der Waals surface area contributed by atoms with E-state index in [0.717, 1.165) is 0 Å². The lowest BCUT2D eigenvalue weighted by molar-refractivity contribution is 0.395. The van der Waals surface area contributed by atoms with Gasteiger partial charge < -0.3 is 14.9 Å². The average molecular weight is 245 g/mol. The number of hydrogen-bond acceptors (Lipinski definition) is 6. The van der Waals surface area contributed by atoms with Crippen LogP contribution < -0.4 is 10.5 Å². The number of amidine groups is 1. The van der Waals surface area contributed by atoms with Gasteiger partial charge >= 0.3 is 0 Å². The van der Waals surface area contributed by atoms with E-state index < -0.39 is 0 Å². The van der Waals surface area contributed by atoms with E-state index in [9.17, 15) is 0 Å². The summed E-state index contributed by atoms with van der Waals surface area (Å²) in [7, 11) is 1.50. The van der Waals surface area contributed by atoms with Gasteiger partial charge in [0.25, 0.3) is 0 Å². The second-order valence-electron chi connectivity index (χ2n) is 3.19. The van der Waals surface area contributed by atoms with Crippen molar-refractivity contribution in [2.45, 2.75) is 0 Å². The van der Waals surface area contributed by atoms with Crippen molar-refractivity contribution in [2.75, 3.05) is 7.11 Å². The van der Waals surface area contributed by atoms with Crippen LogP contribution in [0.15, 0.2) is 45.4 Å². The smallest absolute Gasteiger partial charge is 0.232 e. The summed E-state index contributed by atoms with van der Waals surface area (Å²) < 4.78 is 9.98. The minimum atomic E-state index is 0.143. The van der Waals surface area contributed by atoms with Crippen LogP contribution in [0.5, 0.6) is 5.88 Å². The van der Waals surface area contributed by atoms with Crippen LogP contribution >= 0.6 is 0 Å². The van der Waals surface area contributed by atoms with E-state index in [4.69, 9.17) is 14.9 Å². The van der Waals surface area contributed by atoms with E-state index in [0.29, 0.717) is 17.3 Å². The summed E-state index contributed by atoms with van der Waals surface area (Å²) >= 11 is 0. The Morgan fingerprint density at radius 1 is 1.50 bits per heavy atom. The Labute approximate surface area is 103 Å². The van der Waals surface area contributed by atoms with Crippen molar-refractivity contribution in [3.8, 4) is 5.88 Å². The molecule has 2 heterocycles. The fourth-order valence-corrected chi connectivity index (χ4v) is 1.13. The molecule has 0 aliphatic rings. The summed E-state index contributed by atoms with van der Waals surface area (Å²) in [6.45, 7) is 0. The molecule has 0 aliphatic carbocycles. The van der Waals surface area contributed by atoms with Crippen molar-refractivity contribution in [3.05, 3.63) is 42.2 Å². The molecule has 0 aromatic carbocycles. The Kier molecular flexibility index (Phi) is 3.65. The van der Waals surface area contributed by atoms with E-state index >= 15 is 0 Å². The molecule has 0 fully saturated rings. The van der Waals surface area contributed by atoms with E-state index in [1.165, 1.54) is 25.7 Å². The predicted molar refractivity (Wildman–Crippen MR) is 65.6 cm³/mol. The summed E-state index contributed by atoms with van der Waals surface area (Å²) in [5, 5.41) is 7.57. The van der Waals surface area contributed by atoms with Crippen LogP contribution in [-0.4, -0.2) is 29.1 Å². The Morgan fingerprint density at radius 2 is 2.39 bits per heavy atom. The van der Waals surface area contributed by atoms with Gasteiger partial charge in [0.2, 0.25) is 5.88 Å². The highest BCUT2D eigenvalue weighted by Crippen LogP contribution is 2.03. The van der Waals surface area contributed by atoms with Gasteiger partial charge in [-0.05, 0) is 12.1 Å². The molecule has 18 heavy (non-hydrogen) atoms. The van der Waals surface area contributed by atoms with Gasteiger partial charge in [0, 0.05) is 0 Å². The Bertz CT molecular complexity index is 563. The molecular weight excluding hydrogens is 234 g/mol. The maximum atomic E-state index is 5.71. The van der Waals surface area contributed by atoms with Crippen molar-refractivity contribution in [2.24, 2.45) is 15.9 Å². The van der Waals surface area contributed by atoms with Crippen molar-refractivity contribution in [1.29, 1.82) is 0 Å². The maximum absolute atomic E-state index is 5.71. The highest BCUT2D eigenvalue weighted by molar-refractivity contribution is 5.95. The molecule has 0 spiro atoms. The molecule has 0 bridgehead atoms. The number of furan rings is 1. The fourth-order valence-electron chi connectivity index (χ4n) is 1.13. The second kappa shape index (κ2) is 5.58. The lowest BCUT2D eigenvalue weighted by atomic mass is 10.4. The molecule has 7 nitrogen and oxygen atoms in total. The molecule has 0 unspecified atom stereocenters. The van der Waals surface area contributed by atoms with E-state index in [-0.39, 0.29) is 5.84 Å². The van der Waals surface area contributed by atoms with Gasteiger partial charge in [-0.2, -0.15) is 5.10 Å². The molecular formula is C11H11N5O2. The standard InChI is InChI=1S/C11H11N5O2/c1-17-10-7-13-6-9(15-10)11(12)16-14-5-8-3-2-4-18-8/h2-7H,1H3,(H2,12,16)/b14-5-. The molecule has 2 aromatic heterocycles. The Morgan fingerprint density at radius 3 is 3.11 bits per heavy atom. The average Bonchev–Trinajstić information content (AvgIpc) is 2.92. The number of rotatable bonds is 4. The van der Waals surface area contributed by atoms with Gasteiger partial charge in [0.15, 0.2) is 5.84 Å². The number of nitrogens with two attached hydrogens (primary N) is 1. The Hall–Kier alpha value is -2.70. The summed E-state index contributed by atoms with van der Waals surface area (Å²) in [4.78, 5) is 7.98. The van der Waals surface area contributed by atoms with Gasteiger partial charge in [-0.1, -0.05) is 0 Å². The van der Waals surface area contributed by atoms with Crippen LogP contribution in [0.1, 0.15) is 11.5 Å². The Balaban J connectivity index is 2.12. The van der Waals surface area contributed by atoms with Crippen molar-refractivity contribution in [1.82, 2.24) is 9.97 Å². The first-order valence-corrected chi connectivity index (χ1v) is 5.06. The van der Waals surface area contributed by atoms with Crippen LogP contribution in [-0.2, 0) is 0 Å². The van der Waals surface area contributed by atoms with Crippen LogP contribution in [0.3, 0.4) is 0 Å². The largest absolute Gasteiger partial charge is 0.480 e. The summed E-state index contributed by atoms with van der Waals surface area (Å²) in [6, 6.07) is 3.50. The summed E-state index contributed by atoms with van der Waals surface area (Å²) in [5.41, 5.74) is 6.10. The fraction of sp³-hybridized carbons (Fsp3) is 0.0909. The number of hydrogen-bond donors (Lipinski definition) is 1. The zero-order chi connectivity index (χ0) is 12.8. The monoisotopic (exact) mass is 245 g/mol. The van der Waals surface area contributed by atoms with Crippen molar-refractivity contribution in [3.63, 3.8) is 0 Å². The lowest BCUT2D eigenvalue weighted by Gasteiger charge is -2.00. The van der Waals surface area contributed by atoms with Crippen molar-refractivity contribution < 1.29 is 9.15 Å². The molecule has 0 aliphatic heterocycles. The molecule has 92 valence electrons. The lowest BCUT2D eigenvalue weighted by Crippen LogP contribution is -2.15. The van der Waals surface area contributed by atoms with Crippen LogP contribution in [0.4, 0.5) is 0 Å². The first-order chi connectivity index (χ1) is 8.79. The minimum absolute atomic E-state index is 0.143. The van der Waals surface area contributed by atoms with Crippen molar-refractivity contribution >= 4 is 12.1 Å².